The number of rotatable bonds is 8. The molecule has 1 heterocycles. The zero-order valence-electron chi connectivity index (χ0n) is 19.7. The zero-order chi connectivity index (χ0) is 24.1. The molecule has 178 valence electrons. The van der Waals surface area contributed by atoms with Crippen molar-refractivity contribution in [3.63, 3.8) is 0 Å². The van der Waals surface area contributed by atoms with Crippen molar-refractivity contribution in [3.8, 4) is 5.75 Å². The molecule has 1 N–H and O–H groups in total. The fourth-order valence-corrected chi connectivity index (χ4v) is 5.09. The molecule has 0 bridgehead atoms. The molecule has 2 atom stereocenters. The van der Waals surface area contributed by atoms with Crippen molar-refractivity contribution in [1.82, 2.24) is 0 Å². The average Bonchev–Trinajstić information content (AvgIpc) is 3.10. The second-order valence-corrected chi connectivity index (χ2v) is 9.61. The lowest BCUT2D eigenvalue weighted by molar-refractivity contribution is -0.154. The summed E-state index contributed by atoms with van der Waals surface area (Å²) in [4.78, 5) is 38.6. The van der Waals surface area contributed by atoms with Crippen molar-refractivity contribution in [2.45, 2.75) is 66.1 Å². The molecule has 0 saturated heterocycles. The summed E-state index contributed by atoms with van der Waals surface area (Å²) in [5.74, 6) is -0.179. The maximum atomic E-state index is 12.9. The standard InChI is InChI=1S/C25H31NO6S/c1-6-30-25(29)21-19-12-7-15(4)13-20(19)33-23(21)26-22(27)17-8-10-18(11-9-17)32-16(5)24(28)31-14(2)3/h8-11,14-16H,6-7,12-13H2,1-5H3,(H,26,27)/t15-,16+/m1/s1. The summed E-state index contributed by atoms with van der Waals surface area (Å²) < 4.78 is 16.0. The number of thiophene rings is 1. The highest BCUT2D eigenvalue weighted by atomic mass is 32.1. The third-order valence-corrected chi connectivity index (χ3v) is 6.50. The number of esters is 2. The van der Waals surface area contributed by atoms with Gasteiger partial charge in [0.15, 0.2) is 6.10 Å². The van der Waals surface area contributed by atoms with Crippen LogP contribution in [0.4, 0.5) is 5.00 Å². The van der Waals surface area contributed by atoms with Gasteiger partial charge in [-0.15, -0.1) is 11.3 Å². The molecule has 33 heavy (non-hydrogen) atoms. The Bertz CT molecular complexity index is 1010. The molecule has 1 aromatic carbocycles. The van der Waals surface area contributed by atoms with Gasteiger partial charge in [-0.05, 0) is 82.7 Å². The number of nitrogens with one attached hydrogen (secondary N) is 1. The van der Waals surface area contributed by atoms with Crippen LogP contribution in [0.2, 0.25) is 0 Å². The van der Waals surface area contributed by atoms with Gasteiger partial charge in [0.05, 0.1) is 18.3 Å². The van der Waals surface area contributed by atoms with E-state index in [0.717, 1.165) is 29.7 Å². The van der Waals surface area contributed by atoms with Gasteiger partial charge in [-0.2, -0.15) is 0 Å². The summed E-state index contributed by atoms with van der Waals surface area (Å²) in [5.41, 5.74) is 1.89. The minimum absolute atomic E-state index is 0.222. The Morgan fingerprint density at radius 1 is 1.15 bits per heavy atom. The van der Waals surface area contributed by atoms with Gasteiger partial charge in [-0.25, -0.2) is 9.59 Å². The Morgan fingerprint density at radius 3 is 2.48 bits per heavy atom. The number of carbonyl (C=O) groups is 3. The first-order valence-corrected chi connectivity index (χ1v) is 12.1. The van der Waals surface area contributed by atoms with E-state index in [2.05, 4.69) is 12.2 Å². The van der Waals surface area contributed by atoms with Gasteiger partial charge in [-0.3, -0.25) is 4.79 Å². The number of benzene rings is 1. The highest BCUT2D eigenvalue weighted by Gasteiger charge is 2.29. The maximum absolute atomic E-state index is 12.9. The molecule has 1 aliphatic carbocycles. The Labute approximate surface area is 198 Å². The molecule has 1 aromatic heterocycles. The summed E-state index contributed by atoms with van der Waals surface area (Å²) in [6, 6.07) is 6.48. The van der Waals surface area contributed by atoms with E-state index in [1.54, 1.807) is 52.0 Å². The summed E-state index contributed by atoms with van der Waals surface area (Å²) in [6.45, 7) is 9.40. The molecule has 1 amide bonds. The van der Waals surface area contributed by atoms with E-state index in [1.165, 1.54) is 11.3 Å². The van der Waals surface area contributed by atoms with Crippen LogP contribution in [0.1, 0.15) is 72.2 Å². The summed E-state index contributed by atoms with van der Waals surface area (Å²) in [6.07, 6.45) is 1.72. The first-order valence-electron chi connectivity index (χ1n) is 11.3. The molecule has 0 spiro atoms. The number of anilines is 1. The van der Waals surface area contributed by atoms with Crippen LogP contribution in [0, 0.1) is 5.92 Å². The second kappa shape index (κ2) is 10.8. The normalized spacial score (nSPS) is 16.0. The van der Waals surface area contributed by atoms with Gasteiger partial charge >= 0.3 is 11.9 Å². The van der Waals surface area contributed by atoms with E-state index in [1.807, 2.05) is 0 Å². The molecule has 8 heteroatoms. The van der Waals surface area contributed by atoms with Crippen molar-refractivity contribution in [3.05, 3.63) is 45.8 Å². The van der Waals surface area contributed by atoms with Crippen LogP contribution >= 0.6 is 11.3 Å². The Kier molecular flexibility index (Phi) is 8.13. The van der Waals surface area contributed by atoms with Crippen LogP contribution in [-0.2, 0) is 27.1 Å². The molecule has 0 aliphatic heterocycles. The van der Waals surface area contributed by atoms with Crippen LogP contribution in [-0.4, -0.2) is 36.7 Å². The van der Waals surface area contributed by atoms with Gasteiger partial charge in [0.1, 0.15) is 10.8 Å². The van der Waals surface area contributed by atoms with Gasteiger partial charge in [0.2, 0.25) is 0 Å². The Morgan fingerprint density at radius 2 is 1.85 bits per heavy atom. The lowest BCUT2D eigenvalue weighted by Gasteiger charge is -2.18. The molecule has 0 fully saturated rings. The van der Waals surface area contributed by atoms with Crippen molar-refractivity contribution >= 4 is 34.2 Å². The topological polar surface area (TPSA) is 90.9 Å². The van der Waals surface area contributed by atoms with Crippen LogP contribution in [0.5, 0.6) is 5.75 Å². The molecule has 3 rings (SSSR count). The molecular formula is C25H31NO6S. The van der Waals surface area contributed by atoms with Crippen LogP contribution in [0.25, 0.3) is 0 Å². The second-order valence-electron chi connectivity index (χ2n) is 8.50. The Balaban J connectivity index is 1.73. The quantitative estimate of drug-likeness (QED) is 0.541. The number of amides is 1. The number of fused-ring (bicyclic) bond motifs is 1. The van der Waals surface area contributed by atoms with Crippen LogP contribution in [0.3, 0.4) is 0 Å². The molecule has 0 saturated carbocycles. The van der Waals surface area contributed by atoms with Gasteiger partial charge in [-0.1, -0.05) is 6.92 Å². The molecule has 0 radical (unpaired) electrons. The molecule has 0 unspecified atom stereocenters. The van der Waals surface area contributed by atoms with E-state index in [4.69, 9.17) is 14.2 Å². The zero-order valence-corrected chi connectivity index (χ0v) is 20.5. The number of ether oxygens (including phenoxy) is 3. The lowest BCUT2D eigenvalue weighted by Crippen LogP contribution is -2.28. The lowest BCUT2D eigenvalue weighted by atomic mass is 9.88. The molecular weight excluding hydrogens is 442 g/mol. The highest BCUT2D eigenvalue weighted by molar-refractivity contribution is 7.17. The van der Waals surface area contributed by atoms with Crippen molar-refractivity contribution < 1.29 is 28.6 Å². The first kappa shape index (κ1) is 24.8. The first-order chi connectivity index (χ1) is 15.7. The summed E-state index contributed by atoms with van der Waals surface area (Å²) >= 11 is 1.45. The predicted molar refractivity (Wildman–Crippen MR) is 127 cm³/mol. The van der Waals surface area contributed by atoms with Gasteiger partial charge in [0, 0.05) is 10.4 Å². The number of hydrogen-bond acceptors (Lipinski definition) is 7. The van der Waals surface area contributed by atoms with E-state index in [-0.39, 0.29) is 18.6 Å². The van der Waals surface area contributed by atoms with Gasteiger partial charge in [0.25, 0.3) is 5.91 Å². The average molecular weight is 474 g/mol. The minimum Gasteiger partial charge on any atom is -0.479 e. The van der Waals surface area contributed by atoms with Gasteiger partial charge < -0.3 is 19.5 Å². The van der Waals surface area contributed by atoms with E-state index in [0.29, 0.717) is 27.8 Å². The van der Waals surface area contributed by atoms with Crippen LogP contribution in [0.15, 0.2) is 24.3 Å². The predicted octanol–water partition coefficient (Wildman–Crippen LogP) is 5.02. The molecule has 1 aliphatic rings. The number of carbonyl (C=O) groups excluding carboxylic acids is 3. The van der Waals surface area contributed by atoms with E-state index < -0.39 is 18.0 Å². The van der Waals surface area contributed by atoms with E-state index in [9.17, 15) is 14.4 Å². The fraction of sp³-hybridized carbons (Fsp3) is 0.480. The highest BCUT2D eigenvalue weighted by Crippen LogP contribution is 2.40. The van der Waals surface area contributed by atoms with E-state index >= 15 is 0 Å². The smallest absolute Gasteiger partial charge is 0.347 e. The summed E-state index contributed by atoms with van der Waals surface area (Å²) in [5, 5.41) is 3.43. The third-order valence-electron chi connectivity index (χ3n) is 5.33. The number of hydrogen-bond donors (Lipinski definition) is 1. The van der Waals surface area contributed by atoms with Crippen molar-refractivity contribution in [2.75, 3.05) is 11.9 Å². The Hall–Kier alpha value is -2.87. The molecule has 7 nitrogen and oxygen atoms in total. The maximum Gasteiger partial charge on any atom is 0.347 e. The van der Waals surface area contributed by atoms with Crippen molar-refractivity contribution in [2.24, 2.45) is 5.92 Å². The SMILES string of the molecule is CCOC(=O)c1c(NC(=O)c2ccc(O[C@@H](C)C(=O)OC(C)C)cc2)sc2c1CC[C@@H](C)C2. The van der Waals surface area contributed by atoms with Crippen molar-refractivity contribution in [1.29, 1.82) is 0 Å². The molecule has 2 aromatic rings. The van der Waals surface area contributed by atoms with Crippen LogP contribution < -0.4 is 10.1 Å². The minimum atomic E-state index is -0.765. The third kappa shape index (κ3) is 6.13. The fourth-order valence-electron chi connectivity index (χ4n) is 3.70. The monoisotopic (exact) mass is 473 g/mol. The summed E-state index contributed by atoms with van der Waals surface area (Å²) in [7, 11) is 0. The largest absolute Gasteiger partial charge is 0.479 e.